The molecule has 2 aromatic rings. The average Bonchev–Trinajstić information content (AvgIpc) is 2.55. The first-order valence-electron chi connectivity index (χ1n) is 7.12. The van der Waals surface area contributed by atoms with E-state index in [9.17, 15) is 22.8 Å². The maximum Gasteiger partial charge on any atom is 0.417 e. The van der Waals surface area contributed by atoms with Crippen LogP contribution in [0.5, 0.6) is 0 Å². The van der Waals surface area contributed by atoms with E-state index in [-0.39, 0.29) is 5.03 Å². The van der Waals surface area contributed by atoms with E-state index in [4.69, 9.17) is 0 Å². The Bertz CT molecular complexity index is 737. The van der Waals surface area contributed by atoms with Crippen molar-refractivity contribution in [1.29, 1.82) is 0 Å². The van der Waals surface area contributed by atoms with Crippen LogP contribution in [0.15, 0.2) is 53.7 Å². The Kier molecular flexibility index (Phi) is 6.02. The number of amides is 3. The topological polar surface area (TPSA) is 71.1 Å². The van der Waals surface area contributed by atoms with Gasteiger partial charge in [-0.05, 0) is 31.2 Å². The summed E-state index contributed by atoms with van der Waals surface area (Å²) in [5.41, 5.74) is -0.339. The molecule has 25 heavy (non-hydrogen) atoms. The fourth-order valence-corrected chi connectivity index (χ4v) is 2.54. The highest BCUT2D eigenvalue weighted by Crippen LogP contribution is 2.30. The van der Waals surface area contributed by atoms with Gasteiger partial charge < -0.3 is 5.32 Å². The first kappa shape index (κ1) is 18.8. The summed E-state index contributed by atoms with van der Waals surface area (Å²) in [7, 11) is 0. The van der Waals surface area contributed by atoms with E-state index in [1.165, 1.54) is 13.0 Å². The van der Waals surface area contributed by atoms with Crippen molar-refractivity contribution in [3.8, 4) is 0 Å². The fourth-order valence-electron chi connectivity index (χ4n) is 1.75. The van der Waals surface area contributed by atoms with Crippen molar-refractivity contribution in [2.24, 2.45) is 0 Å². The van der Waals surface area contributed by atoms with Gasteiger partial charge in [0.2, 0.25) is 5.91 Å². The molecule has 0 spiro atoms. The van der Waals surface area contributed by atoms with Gasteiger partial charge in [-0.25, -0.2) is 9.78 Å². The van der Waals surface area contributed by atoms with Crippen LogP contribution in [0.1, 0.15) is 12.5 Å². The number of para-hydroxylation sites is 1. The molecule has 0 aliphatic heterocycles. The van der Waals surface area contributed by atoms with Crippen LogP contribution in [0.4, 0.5) is 23.7 Å². The van der Waals surface area contributed by atoms with Gasteiger partial charge >= 0.3 is 12.2 Å². The molecule has 1 heterocycles. The lowest BCUT2D eigenvalue weighted by Gasteiger charge is -2.12. The van der Waals surface area contributed by atoms with Crippen LogP contribution in [-0.2, 0) is 11.0 Å². The van der Waals surface area contributed by atoms with E-state index in [0.717, 1.165) is 17.8 Å². The highest BCUT2D eigenvalue weighted by atomic mass is 32.2. The summed E-state index contributed by atoms with van der Waals surface area (Å²) in [6.07, 6.45) is -3.76. The third-order valence-electron chi connectivity index (χ3n) is 3.00. The Hall–Kier alpha value is -2.55. The van der Waals surface area contributed by atoms with Crippen LogP contribution in [0.25, 0.3) is 0 Å². The molecule has 1 atom stereocenters. The molecule has 2 rings (SSSR count). The first-order chi connectivity index (χ1) is 11.8. The molecule has 1 unspecified atom stereocenters. The van der Waals surface area contributed by atoms with Gasteiger partial charge in [0, 0.05) is 11.9 Å². The molecule has 2 N–H and O–H groups in total. The number of imide groups is 1. The predicted octanol–water partition coefficient (Wildman–Crippen LogP) is 3.93. The van der Waals surface area contributed by atoms with Gasteiger partial charge in [0.1, 0.15) is 0 Å². The van der Waals surface area contributed by atoms with Gasteiger partial charge in [0.05, 0.1) is 15.8 Å². The summed E-state index contributed by atoms with van der Waals surface area (Å²) in [6, 6.07) is 9.94. The molecule has 0 aliphatic rings. The number of benzene rings is 1. The van der Waals surface area contributed by atoms with E-state index < -0.39 is 28.9 Å². The first-order valence-corrected chi connectivity index (χ1v) is 8.00. The molecule has 0 radical (unpaired) electrons. The number of halogens is 3. The van der Waals surface area contributed by atoms with Crippen LogP contribution in [0.3, 0.4) is 0 Å². The van der Waals surface area contributed by atoms with Crippen molar-refractivity contribution in [3.63, 3.8) is 0 Å². The third kappa shape index (κ3) is 5.79. The number of nitrogens with zero attached hydrogens (tertiary/aromatic N) is 1. The Morgan fingerprint density at radius 1 is 1.12 bits per heavy atom. The van der Waals surface area contributed by atoms with Gasteiger partial charge in [-0.15, -0.1) is 0 Å². The lowest BCUT2D eigenvalue weighted by molar-refractivity contribution is -0.137. The minimum Gasteiger partial charge on any atom is -0.308 e. The van der Waals surface area contributed by atoms with Crippen LogP contribution >= 0.6 is 11.8 Å². The largest absolute Gasteiger partial charge is 0.417 e. The number of hydrogen-bond donors (Lipinski definition) is 2. The second kappa shape index (κ2) is 8.02. The zero-order chi connectivity index (χ0) is 18.4. The SMILES string of the molecule is CC(Sc1ccc(C(F)(F)F)cn1)C(=O)NC(=O)Nc1ccccc1. The number of carbonyl (C=O) groups is 2. The van der Waals surface area contributed by atoms with E-state index in [1.54, 1.807) is 30.3 Å². The molecule has 132 valence electrons. The van der Waals surface area contributed by atoms with Crippen molar-refractivity contribution in [2.45, 2.75) is 23.4 Å². The second-order valence-corrected chi connectivity index (χ2v) is 6.31. The number of thioether (sulfide) groups is 1. The molecule has 0 aliphatic carbocycles. The lowest BCUT2D eigenvalue weighted by Crippen LogP contribution is -2.38. The van der Waals surface area contributed by atoms with E-state index in [1.807, 2.05) is 0 Å². The zero-order valence-corrected chi connectivity index (χ0v) is 13.8. The summed E-state index contributed by atoms with van der Waals surface area (Å²) in [4.78, 5) is 27.4. The number of pyridine rings is 1. The quantitative estimate of drug-likeness (QED) is 0.801. The number of anilines is 1. The molecule has 0 saturated heterocycles. The highest BCUT2D eigenvalue weighted by molar-refractivity contribution is 8.00. The number of nitrogens with one attached hydrogen (secondary N) is 2. The fraction of sp³-hybridized carbons (Fsp3) is 0.188. The molecular weight excluding hydrogens is 355 g/mol. The summed E-state index contributed by atoms with van der Waals surface area (Å²) >= 11 is 0.949. The van der Waals surface area contributed by atoms with Gasteiger partial charge in [-0.3, -0.25) is 10.1 Å². The molecular formula is C16H14F3N3O2S. The Morgan fingerprint density at radius 3 is 2.36 bits per heavy atom. The molecule has 0 bridgehead atoms. The normalized spacial score (nSPS) is 12.3. The summed E-state index contributed by atoms with van der Waals surface area (Å²) in [5.74, 6) is -0.583. The summed E-state index contributed by atoms with van der Waals surface area (Å²) < 4.78 is 37.4. The van der Waals surface area contributed by atoms with E-state index >= 15 is 0 Å². The van der Waals surface area contributed by atoms with Crippen LogP contribution < -0.4 is 10.6 Å². The molecule has 0 fully saturated rings. The van der Waals surface area contributed by atoms with Gasteiger partial charge in [-0.2, -0.15) is 13.2 Å². The van der Waals surface area contributed by atoms with Crippen LogP contribution in [-0.4, -0.2) is 22.2 Å². The van der Waals surface area contributed by atoms with Crippen molar-refractivity contribution >= 4 is 29.4 Å². The molecule has 9 heteroatoms. The van der Waals surface area contributed by atoms with Gasteiger partial charge in [0.25, 0.3) is 0 Å². The summed E-state index contributed by atoms with van der Waals surface area (Å²) in [5, 5.41) is 4.19. The van der Waals surface area contributed by atoms with Crippen molar-refractivity contribution < 1.29 is 22.8 Å². The Morgan fingerprint density at radius 2 is 1.80 bits per heavy atom. The highest BCUT2D eigenvalue weighted by Gasteiger charge is 2.30. The van der Waals surface area contributed by atoms with Crippen LogP contribution in [0.2, 0.25) is 0 Å². The van der Waals surface area contributed by atoms with E-state index in [0.29, 0.717) is 11.9 Å². The predicted molar refractivity (Wildman–Crippen MR) is 88.2 cm³/mol. The van der Waals surface area contributed by atoms with Crippen LogP contribution in [0, 0.1) is 0 Å². The third-order valence-corrected chi connectivity index (χ3v) is 4.05. The standard InChI is InChI=1S/C16H14F3N3O2S/c1-10(25-13-8-7-11(9-20-13)16(17,18)19)14(23)22-15(24)21-12-5-3-2-4-6-12/h2-10H,1H3,(H2,21,22,23,24). The van der Waals surface area contributed by atoms with Gasteiger partial charge in [0.15, 0.2) is 0 Å². The smallest absolute Gasteiger partial charge is 0.308 e. The number of rotatable bonds is 4. The number of hydrogen-bond acceptors (Lipinski definition) is 4. The lowest BCUT2D eigenvalue weighted by atomic mass is 10.3. The number of carbonyl (C=O) groups excluding carboxylic acids is 2. The summed E-state index contributed by atoms with van der Waals surface area (Å²) in [6.45, 7) is 1.52. The molecule has 1 aromatic carbocycles. The molecule has 3 amide bonds. The average molecular weight is 369 g/mol. The molecule has 1 aromatic heterocycles. The van der Waals surface area contributed by atoms with Crippen molar-refractivity contribution in [1.82, 2.24) is 10.3 Å². The minimum absolute atomic E-state index is 0.249. The Balaban J connectivity index is 1.88. The molecule has 5 nitrogen and oxygen atoms in total. The monoisotopic (exact) mass is 369 g/mol. The zero-order valence-electron chi connectivity index (χ0n) is 13.0. The maximum absolute atomic E-state index is 12.5. The van der Waals surface area contributed by atoms with E-state index in [2.05, 4.69) is 15.6 Å². The van der Waals surface area contributed by atoms with Gasteiger partial charge in [-0.1, -0.05) is 30.0 Å². The maximum atomic E-state index is 12.5. The van der Waals surface area contributed by atoms with Crippen molar-refractivity contribution in [2.75, 3.05) is 5.32 Å². The van der Waals surface area contributed by atoms with Crippen molar-refractivity contribution in [3.05, 3.63) is 54.2 Å². The minimum atomic E-state index is -4.46. The Labute approximate surface area is 146 Å². The number of alkyl halides is 3. The number of urea groups is 1. The molecule has 0 saturated carbocycles. The second-order valence-electron chi connectivity index (χ2n) is 4.95. The number of aromatic nitrogens is 1.